The van der Waals surface area contributed by atoms with E-state index in [1.54, 1.807) is 0 Å². The molecule has 140 valence electrons. The quantitative estimate of drug-likeness (QED) is 0.701. The van der Waals surface area contributed by atoms with Crippen LogP contribution < -0.4 is 10.1 Å². The van der Waals surface area contributed by atoms with Crippen LogP contribution in [0.25, 0.3) is 11.3 Å². The first-order valence-corrected chi connectivity index (χ1v) is 8.61. The van der Waals surface area contributed by atoms with E-state index in [0.29, 0.717) is 17.9 Å². The maximum atomic E-state index is 13.0. The number of rotatable bonds is 6. The number of hydrogen-bond donors (Lipinski definition) is 1. The van der Waals surface area contributed by atoms with E-state index in [0.717, 1.165) is 16.7 Å². The number of amides is 1. The largest absolute Gasteiger partial charge is 0.481 e. The Balaban J connectivity index is 1.76. The minimum absolute atomic E-state index is 0.226. The van der Waals surface area contributed by atoms with Crippen molar-refractivity contribution >= 4 is 11.7 Å². The zero-order valence-electron chi connectivity index (χ0n) is 15.3. The average Bonchev–Trinajstić information content (AvgIpc) is 3.11. The van der Waals surface area contributed by atoms with Crippen molar-refractivity contribution in [1.82, 2.24) is 10.3 Å². The zero-order chi connectivity index (χ0) is 19.4. The summed E-state index contributed by atoms with van der Waals surface area (Å²) in [6, 6.07) is 11.3. The summed E-state index contributed by atoms with van der Waals surface area (Å²) in [4.78, 5) is 12.6. The van der Waals surface area contributed by atoms with Gasteiger partial charge in [0.25, 0.3) is 5.91 Å². The number of carbonyl (C=O) groups is 1. The SMILES string of the molecule is CC[C@@H](Oc1ccc(F)cc1)C(=O)Nc1nonc1-c1ccc(C)c(C)c1. The van der Waals surface area contributed by atoms with Gasteiger partial charge >= 0.3 is 0 Å². The standard InChI is InChI=1S/C20H20FN3O3/c1-4-17(26-16-9-7-15(21)8-10-16)20(25)22-19-18(23-27-24-19)14-6-5-12(2)13(3)11-14/h5-11,17H,4H2,1-3H3,(H,22,24,25)/t17-/m1/s1. The lowest BCUT2D eigenvalue weighted by molar-refractivity contribution is -0.122. The summed E-state index contributed by atoms with van der Waals surface area (Å²) in [5.41, 5.74) is 3.49. The van der Waals surface area contributed by atoms with Gasteiger partial charge in [0.05, 0.1) is 0 Å². The number of nitrogens with one attached hydrogen (secondary N) is 1. The summed E-state index contributed by atoms with van der Waals surface area (Å²) in [5, 5.41) is 10.4. The summed E-state index contributed by atoms with van der Waals surface area (Å²) in [7, 11) is 0. The van der Waals surface area contributed by atoms with Crippen LogP contribution in [0.3, 0.4) is 0 Å². The molecular formula is C20H20FN3O3. The molecule has 0 aliphatic rings. The fraction of sp³-hybridized carbons (Fsp3) is 0.250. The fourth-order valence-electron chi connectivity index (χ4n) is 2.55. The highest BCUT2D eigenvalue weighted by atomic mass is 19.1. The summed E-state index contributed by atoms with van der Waals surface area (Å²) in [5.74, 6) is -0.121. The molecule has 0 bridgehead atoms. The van der Waals surface area contributed by atoms with Crippen molar-refractivity contribution in [3.8, 4) is 17.0 Å². The molecule has 0 radical (unpaired) electrons. The monoisotopic (exact) mass is 369 g/mol. The predicted molar refractivity (Wildman–Crippen MR) is 98.9 cm³/mol. The molecule has 0 aliphatic heterocycles. The highest BCUT2D eigenvalue weighted by Crippen LogP contribution is 2.26. The smallest absolute Gasteiger partial charge is 0.266 e. The third-order valence-electron chi connectivity index (χ3n) is 4.27. The molecular weight excluding hydrogens is 349 g/mol. The van der Waals surface area contributed by atoms with E-state index in [2.05, 4.69) is 15.6 Å². The lowest BCUT2D eigenvalue weighted by Gasteiger charge is -2.16. The first-order valence-electron chi connectivity index (χ1n) is 8.61. The molecule has 3 rings (SSSR count). The van der Waals surface area contributed by atoms with Crippen LogP contribution >= 0.6 is 0 Å². The molecule has 0 saturated heterocycles. The molecule has 0 fully saturated rings. The van der Waals surface area contributed by atoms with E-state index in [9.17, 15) is 9.18 Å². The third kappa shape index (κ3) is 4.31. The van der Waals surface area contributed by atoms with Crippen molar-refractivity contribution in [3.63, 3.8) is 0 Å². The zero-order valence-corrected chi connectivity index (χ0v) is 15.3. The van der Waals surface area contributed by atoms with Crippen molar-refractivity contribution in [2.24, 2.45) is 0 Å². The van der Waals surface area contributed by atoms with Crippen LogP contribution in [0.4, 0.5) is 10.2 Å². The molecule has 0 aliphatic carbocycles. The Labute approximate surface area is 156 Å². The number of halogens is 1. The number of carbonyl (C=O) groups excluding carboxylic acids is 1. The van der Waals surface area contributed by atoms with Gasteiger partial charge in [-0.25, -0.2) is 9.02 Å². The van der Waals surface area contributed by atoms with Gasteiger partial charge in [-0.2, -0.15) is 0 Å². The third-order valence-corrected chi connectivity index (χ3v) is 4.27. The number of aryl methyl sites for hydroxylation is 2. The van der Waals surface area contributed by atoms with Gasteiger partial charge in [-0.15, -0.1) is 0 Å². The second kappa shape index (κ2) is 7.99. The number of nitrogens with zero attached hydrogens (tertiary/aromatic N) is 2. The van der Waals surface area contributed by atoms with Crippen LogP contribution in [-0.4, -0.2) is 22.3 Å². The summed E-state index contributed by atoms with van der Waals surface area (Å²) in [6.45, 7) is 5.83. The van der Waals surface area contributed by atoms with Crippen molar-refractivity contribution < 1.29 is 18.6 Å². The Hall–Kier alpha value is -3.22. The van der Waals surface area contributed by atoms with Crippen LogP contribution in [0.2, 0.25) is 0 Å². The van der Waals surface area contributed by atoms with Crippen molar-refractivity contribution in [2.45, 2.75) is 33.3 Å². The van der Waals surface area contributed by atoms with Gasteiger partial charge in [-0.05, 0) is 72.0 Å². The minimum Gasteiger partial charge on any atom is -0.481 e. The number of ether oxygens (including phenoxy) is 1. The number of hydrogen-bond acceptors (Lipinski definition) is 5. The second-order valence-corrected chi connectivity index (χ2v) is 6.22. The minimum atomic E-state index is -0.764. The average molecular weight is 369 g/mol. The Morgan fingerprint density at radius 3 is 2.56 bits per heavy atom. The molecule has 7 heteroatoms. The molecule has 27 heavy (non-hydrogen) atoms. The molecule has 1 amide bonds. The first kappa shape index (κ1) is 18.6. The number of benzene rings is 2. The summed E-state index contributed by atoms with van der Waals surface area (Å²) >= 11 is 0. The lowest BCUT2D eigenvalue weighted by atomic mass is 10.0. The lowest BCUT2D eigenvalue weighted by Crippen LogP contribution is -2.32. The molecule has 1 heterocycles. The molecule has 0 saturated carbocycles. The fourth-order valence-corrected chi connectivity index (χ4v) is 2.55. The highest BCUT2D eigenvalue weighted by Gasteiger charge is 2.22. The maximum absolute atomic E-state index is 13.0. The van der Waals surface area contributed by atoms with Crippen LogP contribution in [0.1, 0.15) is 24.5 Å². The Morgan fingerprint density at radius 1 is 1.15 bits per heavy atom. The van der Waals surface area contributed by atoms with E-state index in [1.165, 1.54) is 24.3 Å². The van der Waals surface area contributed by atoms with Gasteiger partial charge < -0.3 is 10.1 Å². The van der Waals surface area contributed by atoms with Gasteiger partial charge in [0.15, 0.2) is 11.8 Å². The number of anilines is 1. The van der Waals surface area contributed by atoms with Crippen molar-refractivity contribution in [2.75, 3.05) is 5.32 Å². The van der Waals surface area contributed by atoms with Gasteiger partial charge in [-0.1, -0.05) is 19.1 Å². The van der Waals surface area contributed by atoms with Gasteiger partial charge in [0.1, 0.15) is 11.6 Å². The molecule has 1 N–H and O–H groups in total. The van der Waals surface area contributed by atoms with E-state index in [1.807, 2.05) is 39.0 Å². The summed E-state index contributed by atoms with van der Waals surface area (Å²) in [6.07, 6.45) is -0.340. The molecule has 1 atom stereocenters. The topological polar surface area (TPSA) is 77.2 Å². The summed E-state index contributed by atoms with van der Waals surface area (Å²) < 4.78 is 23.5. The van der Waals surface area contributed by atoms with Crippen molar-refractivity contribution in [1.29, 1.82) is 0 Å². The molecule has 1 aromatic heterocycles. The molecule has 0 unspecified atom stereocenters. The van der Waals surface area contributed by atoms with E-state index < -0.39 is 6.10 Å². The van der Waals surface area contributed by atoms with Gasteiger partial charge in [-0.3, -0.25) is 4.79 Å². The van der Waals surface area contributed by atoms with Crippen LogP contribution in [0.5, 0.6) is 5.75 Å². The Bertz CT molecular complexity index is 938. The normalized spacial score (nSPS) is 11.9. The molecule has 0 spiro atoms. The molecule has 6 nitrogen and oxygen atoms in total. The van der Waals surface area contributed by atoms with Gasteiger partial charge in [0.2, 0.25) is 5.82 Å². The second-order valence-electron chi connectivity index (χ2n) is 6.22. The van der Waals surface area contributed by atoms with Crippen LogP contribution in [0, 0.1) is 19.7 Å². The predicted octanol–water partition coefficient (Wildman–Crippen LogP) is 4.29. The van der Waals surface area contributed by atoms with Crippen molar-refractivity contribution in [3.05, 3.63) is 59.4 Å². The first-order chi connectivity index (χ1) is 13.0. The number of aromatic nitrogens is 2. The van der Waals surface area contributed by atoms with E-state index in [4.69, 9.17) is 9.37 Å². The Kier molecular flexibility index (Phi) is 5.49. The Morgan fingerprint density at radius 2 is 1.89 bits per heavy atom. The molecule has 2 aromatic carbocycles. The maximum Gasteiger partial charge on any atom is 0.266 e. The van der Waals surface area contributed by atoms with Crippen LogP contribution in [0.15, 0.2) is 47.1 Å². The highest BCUT2D eigenvalue weighted by molar-refractivity contribution is 5.96. The van der Waals surface area contributed by atoms with Gasteiger partial charge in [0, 0.05) is 5.56 Å². The molecule has 3 aromatic rings. The van der Waals surface area contributed by atoms with Crippen LogP contribution in [-0.2, 0) is 4.79 Å². The van der Waals surface area contributed by atoms with E-state index in [-0.39, 0.29) is 17.5 Å². The van der Waals surface area contributed by atoms with E-state index >= 15 is 0 Å².